The van der Waals surface area contributed by atoms with Gasteiger partial charge in [0.15, 0.2) is 23.0 Å². The Morgan fingerprint density at radius 1 is 1.13 bits per heavy atom. The number of fused-ring (bicyclic) bond motifs is 1. The number of hydrogen-bond acceptors (Lipinski definition) is 8. The lowest BCUT2D eigenvalue weighted by atomic mass is 10.0. The van der Waals surface area contributed by atoms with E-state index in [2.05, 4.69) is 26.5 Å². The third kappa shape index (κ3) is 8.53. The highest BCUT2D eigenvalue weighted by atomic mass is 19.2. The number of nitrogens with one attached hydrogen (secondary N) is 2. The van der Waals surface area contributed by atoms with Crippen molar-refractivity contribution >= 4 is 29.2 Å². The summed E-state index contributed by atoms with van der Waals surface area (Å²) in [6.45, 7) is 7.59. The Morgan fingerprint density at radius 3 is 2.62 bits per heavy atom. The first-order chi connectivity index (χ1) is 22.5. The van der Waals surface area contributed by atoms with Gasteiger partial charge in [-0.15, -0.1) is 6.42 Å². The molecule has 0 saturated heterocycles. The molecule has 3 N–H and O–H groups in total. The monoisotopic (exact) mass is 648 g/mol. The number of aliphatic hydroxyl groups excluding tert-OH is 1. The largest absolute Gasteiger partial charge is 0.478 e. The van der Waals surface area contributed by atoms with Crippen molar-refractivity contribution in [3.63, 3.8) is 0 Å². The van der Waals surface area contributed by atoms with E-state index < -0.39 is 23.3 Å². The Kier molecular flexibility index (Phi) is 11.3. The van der Waals surface area contributed by atoms with Crippen LogP contribution < -0.4 is 15.4 Å². The van der Waals surface area contributed by atoms with Gasteiger partial charge < -0.3 is 30.1 Å². The van der Waals surface area contributed by atoms with Gasteiger partial charge in [0.25, 0.3) is 5.91 Å². The summed E-state index contributed by atoms with van der Waals surface area (Å²) in [6.07, 6.45) is 10.2. The van der Waals surface area contributed by atoms with Crippen LogP contribution in [0.15, 0.2) is 48.9 Å². The maximum absolute atomic E-state index is 15.0. The summed E-state index contributed by atoms with van der Waals surface area (Å²) < 4.78 is 41.7. The normalized spacial score (nSPS) is 11.2. The zero-order valence-electron chi connectivity index (χ0n) is 26.8. The number of ether oxygens (including phenoxy) is 2. The smallest absolute Gasteiger partial charge is 0.410 e. The van der Waals surface area contributed by atoms with Gasteiger partial charge in [0.1, 0.15) is 12.2 Å². The summed E-state index contributed by atoms with van der Waals surface area (Å²) in [5.41, 5.74) is 1.92. The number of imidazole rings is 1. The molecule has 0 bridgehead atoms. The topological polar surface area (TPSA) is 130 Å². The van der Waals surface area contributed by atoms with Gasteiger partial charge in [-0.2, -0.15) is 4.39 Å². The van der Waals surface area contributed by atoms with Crippen molar-refractivity contribution in [2.45, 2.75) is 46.1 Å². The van der Waals surface area contributed by atoms with Crippen LogP contribution in [0.3, 0.4) is 0 Å². The first kappa shape index (κ1) is 34.6. The lowest BCUT2D eigenvalue weighted by Crippen LogP contribution is -2.40. The van der Waals surface area contributed by atoms with E-state index in [1.807, 2.05) is 13.0 Å². The zero-order valence-corrected chi connectivity index (χ0v) is 26.8. The van der Waals surface area contributed by atoms with Crippen LogP contribution in [0, 0.1) is 24.0 Å². The molecule has 4 rings (SSSR count). The Labute approximate surface area is 271 Å². The third-order valence-electron chi connectivity index (χ3n) is 6.97. The fraction of sp³-hybridized carbons (Fsp3) is 0.353. The molecule has 0 aliphatic heterocycles. The predicted molar refractivity (Wildman–Crippen MR) is 174 cm³/mol. The number of hydrogen-bond donors (Lipinski definition) is 3. The highest BCUT2D eigenvalue weighted by molar-refractivity contribution is 5.96. The van der Waals surface area contributed by atoms with E-state index in [0.29, 0.717) is 54.3 Å². The highest BCUT2D eigenvalue weighted by Crippen LogP contribution is 2.32. The van der Waals surface area contributed by atoms with Gasteiger partial charge >= 0.3 is 6.09 Å². The van der Waals surface area contributed by atoms with E-state index in [1.165, 1.54) is 29.4 Å². The summed E-state index contributed by atoms with van der Waals surface area (Å²) in [6, 6.07) is 7.97. The summed E-state index contributed by atoms with van der Waals surface area (Å²) in [7, 11) is 0. The average Bonchev–Trinajstić information content (AvgIpc) is 3.47. The molecule has 0 saturated carbocycles. The molecule has 2 heterocycles. The molecule has 0 unspecified atom stereocenters. The SMILES string of the molecule is C#CCOc1ccc(-c2cnc3c(Nc4ccc(C(=O)NCCCN(CCO)C(=O)OC(C)(C)C)c(CC)c4)nccn23)c(F)c1F. The predicted octanol–water partition coefficient (Wildman–Crippen LogP) is 5.34. The molecule has 2 amide bonds. The molecule has 2 aromatic carbocycles. The molecule has 4 aromatic rings. The molecule has 0 fully saturated rings. The van der Waals surface area contributed by atoms with Crippen LogP contribution in [0.5, 0.6) is 5.75 Å². The number of benzene rings is 2. The van der Waals surface area contributed by atoms with Crippen LogP contribution in [0.4, 0.5) is 25.1 Å². The van der Waals surface area contributed by atoms with E-state index in [0.717, 1.165) is 5.56 Å². The zero-order chi connectivity index (χ0) is 34.1. The number of aliphatic hydroxyl groups is 1. The molecule has 0 spiro atoms. The summed E-state index contributed by atoms with van der Waals surface area (Å²) in [4.78, 5) is 35.6. The molecule has 47 heavy (non-hydrogen) atoms. The van der Waals surface area contributed by atoms with Crippen molar-refractivity contribution in [1.29, 1.82) is 0 Å². The van der Waals surface area contributed by atoms with Crippen LogP contribution in [0.2, 0.25) is 0 Å². The molecule has 13 heteroatoms. The standard InChI is InChI=1S/C34H38F2N6O5/c1-6-19-46-27-12-11-25(28(35)29(27)36)26-21-39-31-30(37-14-16-42(26)31)40-23-9-10-24(22(7-2)20-23)32(44)38-13-8-15-41(17-18-43)33(45)47-34(3,4)5/h1,9-12,14,16,20-21,43H,7-8,13,15,17-19H2,2-5H3,(H,37,40)(H,38,44). The lowest BCUT2D eigenvalue weighted by molar-refractivity contribution is 0.0217. The van der Waals surface area contributed by atoms with E-state index in [4.69, 9.17) is 15.9 Å². The van der Waals surface area contributed by atoms with E-state index in [-0.39, 0.29) is 37.0 Å². The van der Waals surface area contributed by atoms with Gasteiger partial charge in [0.2, 0.25) is 5.82 Å². The minimum atomic E-state index is -1.15. The van der Waals surface area contributed by atoms with E-state index in [9.17, 15) is 19.1 Å². The Hall–Kier alpha value is -5.22. The average molecular weight is 649 g/mol. The maximum atomic E-state index is 15.0. The number of aromatic nitrogens is 3. The van der Waals surface area contributed by atoms with Crippen molar-refractivity contribution in [3.8, 4) is 29.4 Å². The molecule has 0 radical (unpaired) electrons. The minimum absolute atomic E-state index is 0.0187. The number of carbonyl (C=O) groups is 2. The van der Waals surface area contributed by atoms with Crippen molar-refractivity contribution in [1.82, 2.24) is 24.6 Å². The maximum Gasteiger partial charge on any atom is 0.410 e. The van der Waals surface area contributed by atoms with Gasteiger partial charge in [-0.3, -0.25) is 9.20 Å². The molecule has 0 aliphatic rings. The quantitative estimate of drug-likeness (QED) is 0.131. The van der Waals surface area contributed by atoms with Crippen LogP contribution >= 0.6 is 0 Å². The Morgan fingerprint density at radius 2 is 1.91 bits per heavy atom. The molecule has 0 aliphatic carbocycles. The number of anilines is 2. The van der Waals surface area contributed by atoms with Crippen LogP contribution in [0.25, 0.3) is 16.9 Å². The highest BCUT2D eigenvalue weighted by Gasteiger charge is 2.22. The minimum Gasteiger partial charge on any atom is -0.478 e. The molecule has 248 valence electrons. The molecular weight excluding hydrogens is 610 g/mol. The molecule has 11 nitrogen and oxygen atoms in total. The fourth-order valence-electron chi connectivity index (χ4n) is 4.80. The number of halogens is 2. The lowest BCUT2D eigenvalue weighted by Gasteiger charge is -2.27. The van der Waals surface area contributed by atoms with Crippen molar-refractivity contribution < 1.29 is 33.0 Å². The summed E-state index contributed by atoms with van der Waals surface area (Å²) >= 11 is 0. The number of rotatable bonds is 13. The molecule has 2 aromatic heterocycles. The van der Waals surface area contributed by atoms with Crippen LogP contribution in [-0.4, -0.2) is 74.8 Å². The molecular formula is C34H38F2N6O5. The second kappa shape index (κ2) is 15.4. The first-order valence-corrected chi connectivity index (χ1v) is 15.1. The Balaban J connectivity index is 1.45. The molecule has 0 atom stereocenters. The number of terminal acetylenes is 1. The van der Waals surface area contributed by atoms with E-state index >= 15 is 4.39 Å². The first-order valence-electron chi connectivity index (χ1n) is 15.1. The summed E-state index contributed by atoms with van der Waals surface area (Å²) in [5, 5.41) is 15.4. The van der Waals surface area contributed by atoms with Gasteiger partial charge in [0, 0.05) is 48.8 Å². The second-order valence-corrected chi connectivity index (χ2v) is 11.5. The van der Waals surface area contributed by atoms with Crippen LogP contribution in [-0.2, 0) is 11.2 Å². The van der Waals surface area contributed by atoms with Gasteiger partial charge in [0.05, 0.1) is 18.5 Å². The number of amides is 2. The van der Waals surface area contributed by atoms with E-state index in [1.54, 1.807) is 43.5 Å². The van der Waals surface area contributed by atoms with Crippen molar-refractivity contribution in [2.75, 3.05) is 38.2 Å². The van der Waals surface area contributed by atoms with Crippen LogP contribution in [0.1, 0.15) is 50.0 Å². The van der Waals surface area contributed by atoms with Crippen molar-refractivity contribution in [3.05, 3.63) is 71.7 Å². The number of nitrogens with zero attached hydrogens (tertiary/aromatic N) is 4. The van der Waals surface area contributed by atoms with Gasteiger partial charge in [-0.05, 0) is 69.5 Å². The Bertz CT molecular complexity index is 1780. The fourth-order valence-corrected chi connectivity index (χ4v) is 4.80. The van der Waals surface area contributed by atoms with Gasteiger partial charge in [-0.25, -0.2) is 19.2 Å². The third-order valence-corrected chi connectivity index (χ3v) is 6.97. The van der Waals surface area contributed by atoms with Gasteiger partial charge in [-0.1, -0.05) is 12.8 Å². The van der Waals surface area contributed by atoms with Crippen molar-refractivity contribution in [2.24, 2.45) is 0 Å². The second-order valence-electron chi connectivity index (χ2n) is 11.5. The number of carbonyl (C=O) groups excluding carboxylic acids is 2. The summed E-state index contributed by atoms with van der Waals surface area (Å²) in [5.74, 6) is -0.212. The number of aryl methyl sites for hydroxylation is 1.